The zero-order chi connectivity index (χ0) is 18.5. The lowest BCUT2D eigenvalue weighted by Gasteiger charge is -2.10. The van der Waals surface area contributed by atoms with Crippen LogP contribution in [-0.4, -0.2) is 32.3 Å². The highest BCUT2D eigenvalue weighted by atomic mass is 32.2. The second-order valence-electron chi connectivity index (χ2n) is 4.86. The molecular formula is C15H13F2N5O2S2. The fraction of sp³-hybridized carbons (Fsp3) is 0.133. The summed E-state index contributed by atoms with van der Waals surface area (Å²) in [5, 5.41) is 10.8. The number of nitrogens with one attached hydrogen (secondary N) is 1. The number of amides is 1. The molecule has 0 bridgehead atoms. The van der Waals surface area contributed by atoms with Crippen LogP contribution in [0.2, 0.25) is 0 Å². The minimum absolute atomic E-state index is 0.0127. The third-order valence-corrected chi connectivity index (χ3v) is 4.85. The van der Waals surface area contributed by atoms with Crippen LogP contribution >= 0.6 is 23.5 Å². The van der Waals surface area contributed by atoms with Crippen LogP contribution in [0.1, 0.15) is 0 Å². The van der Waals surface area contributed by atoms with Gasteiger partial charge in [-0.2, -0.15) is 8.78 Å². The van der Waals surface area contributed by atoms with Crippen molar-refractivity contribution in [3.05, 3.63) is 42.7 Å². The fourth-order valence-electron chi connectivity index (χ4n) is 2.03. The molecule has 26 heavy (non-hydrogen) atoms. The van der Waals surface area contributed by atoms with Crippen molar-refractivity contribution >= 4 is 35.1 Å². The number of hydrogen-bond donors (Lipinski definition) is 2. The molecule has 0 atom stereocenters. The molecule has 3 N–H and O–H groups in total. The molecule has 3 rings (SSSR count). The summed E-state index contributed by atoms with van der Waals surface area (Å²) in [7, 11) is 0. The van der Waals surface area contributed by atoms with Gasteiger partial charge < -0.3 is 15.6 Å². The van der Waals surface area contributed by atoms with E-state index in [-0.39, 0.29) is 11.7 Å². The van der Waals surface area contributed by atoms with E-state index in [1.54, 1.807) is 30.3 Å². The zero-order valence-electron chi connectivity index (χ0n) is 13.1. The second kappa shape index (κ2) is 8.23. The molecule has 2 aromatic heterocycles. The minimum Gasteiger partial charge on any atom is -0.461 e. The number of aromatic nitrogens is 3. The third kappa shape index (κ3) is 4.35. The summed E-state index contributed by atoms with van der Waals surface area (Å²) in [6.07, 6.45) is 1.49. The van der Waals surface area contributed by atoms with E-state index in [9.17, 15) is 13.6 Å². The van der Waals surface area contributed by atoms with E-state index >= 15 is 0 Å². The van der Waals surface area contributed by atoms with E-state index in [2.05, 4.69) is 15.5 Å². The van der Waals surface area contributed by atoms with Gasteiger partial charge in [-0.25, -0.2) is 4.68 Å². The lowest BCUT2D eigenvalue weighted by Crippen LogP contribution is -2.16. The maximum absolute atomic E-state index is 12.6. The van der Waals surface area contributed by atoms with Gasteiger partial charge in [-0.1, -0.05) is 35.7 Å². The Kier molecular flexibility index (Phi) is 5.78. The summed E-state index contributed by atoms with van der Waals surface area (Å²) in [6.45, 7) is 0. The van der Waals surface area contributed by atoms with Gasteiger partial charge in [0.25, 0.3) is 5.76 Å². The highest BCUT2D eigenvalue weighted by molar-refractivity contribution is 8.00. The summed E-state index contributed by atoms with van der Waals surface area (Å²) in [4.78, 5) is 12.4. The molecule has 0 spiro atoms. The summed E-state index contributed by atoms with van der Waals surface area (Å²) < 4.78 is 31.6. The summed E-state index contributed by atoms with van der Waals surface area (Å²) in [6, 6.07) is 9.75. The predicted octanol–water partition coefficient (Wildman–Crippen LogP) is 3.30. The van der Waals surface area contributed by atoms with Gasteiger partial charge in [0, 0.05) is 4.90 Å². The Bertz CT molecular complexity index is 886. The molecule has 0 aliphatic rings. The van der Waals surface area contributed by atoms with Gasteiger partial charge >= 0.3 is 0 Å². The van der Waals surface area contributed by atoms with Crippen molar-refractivity contribution in [3.8, 4) is 11.6 Å². The number of thioether (sulfide) groups is 2. The molecule has 0 saturated carbocycles. The van der Waals surface area contributed by atoms with Crippen molar-refractivity contribution in [2.24, 2.45) is 0 Å². The van der Waals surface area contributed by atoms with Gasteiger partial charge in [0.15, 0.2) is 5.76 Å². The lowest BCUT2D eigenvalue weighted by molar-refractivity contribution is -0.113. The molecule has 7 nitrogen and oxygen atoms in total. The summed E-state index contributed by atoms with van der Waals surface area (Å²) in [5.41, 5.74) is 0.328. The van der Waals surface area contributed by atoms with Crippen LogP contribution in [0.3, 0.4) is 0 Å². The number of para-hydroxylation sites is 1. The van der Waals surface area contributed by atoms with Crippen molar-refractivity contribution in [2.75, 3.05) is 16.9 Å². The summed E-state index contributed by atoms with van der Waals surface area (Å²) in [5.74, 6) is 3.73. The average molecular weight is 397 g/mol. The van der Waals surface area contributed by atoms with Crippen LogP contribution in [0.15, 0.2) is 57.1 Å². The topological polar surface area (TPSA) is 99.0 Å². The van der Waals surface area contributed by atoms with Crippen LogP contribution in [0.5, 0.6) is 0 Å². The molecule has 2 heterocycles. The zero-order valence-corrected chi connectivity index (χ0v) is 14.8. The number of rotatable bonds is 7. The number of furan rings is 1. The van der Waals surface area contributed by atoms with Gasteiger partial charge in [0.1, 0.15) is 0 Å². The summed E-state index contributed by atoms with van der Waals surface area (Å²) >= 11 is 1.44. The molecular weight excluding hydrogens is 384 g/mol. The van der Waals surface area contributed by atoms with Gasteiger partial charge in [-0.05, 0) is 24.3 Å². The molecule has 1 aromatic carbocycles. The van der Waals surface area contributed by atoms with Gasteiger partial charge in [0.2, 0.25) is 16.9 Å². The fourth-order valence-corrected chi connectivity index (χ4v) is 3.29. The van der Waals surface area contributed by atoms with E-state index in [4.69, 9.17) is 10.3 Å². The SMILES string of the molecule is Nn1c(SCC(=O)Nc2ccccc2SC(F)F)nnc1-c1ccco1. The highest BCUT2D eigenvalue weighted by Gasteiger charge is 2.16. The standard InChI is InChI=1S/C15H13F2N5O2S2/c16-14(17)26-11-6-2-1-4-9(11)19-12(23)8-25-15-21-20-13(22(15)18)10-5-3-7-24-10/h1-7,14H,8,18H2,(H,19,23). The minimum atomic E-state index is -2.57. The molecule has 0 radical (unpaired) electrons. The van der Waals surface area contributed by atoms with Crippen LogP contribution in [0.4, 0.5) is 14.5 Å². The average Bonchev–Trinajstić information content (AvgIpc) is 3.24. The first-order valence-electron chi connectivity index (χ1n) is 7.25. The highest BCUT2D eigenvalue weighted by Crippen LogP contribution is 2.31. The number of halogens is 2. The van der Waals surface area contributed by atoms with Crippen molar-refractivity contribution < 1.29 is 18.0 Å². The van der Waals surface area contributed by atoms with E-state index in [1.165, 1.54) is 17.0 Å². The first-order chi connectivity index (χ1) is 12.5. The normalized spacial score (nSPS) is 11.0. The van der Waals surface area contributed by atoms with Crippen molar-refractivity contribution in [1.29, 1.82) is 0 Å². The number of nitrogens with zero attached hydrogens (tertiary/aromatic N) is 3. The molecule has 0 saturated heterocycles. The van der Waals surface area contributed by atoms with Crippen LogP contribution in [-0.2, 0) is 4.79 Å². The first-order valence-corrected chi connectivity index (χ1v) is 9.12. The Morgan fingerprint density at radius 2 is 2.08 bits per heavy atom. The van der Waals surface area contributed by atoms with Crippen molar-refractivity contribution in [1.82, 2.24) is 14.9 Å². The second-order valence-corrected chi connectivity index (χ2v) is 6.84. The maximum atomic E-state index is 12.6. The van der Waals surface area contributed by atoms with E-state index in [0.29, 0.717) is 39.1 Å². The van der Waals surface area contributed by atoms with Crippen LogP contribution in [0, 0.1) is 0 Å². The number of carbonyl (C=O) groups excluding carboxylic acids is 1. The van der Waals surface area contributed by atoms with Gasteiger partial charge in [-0.15, -0.1) is 10.2 Å². The van der Waals surface area contributed by atoms with E-state index < -0.39 is 5.76 Å². The molecule has 0 unspecified atom stereocenters. The monoisotopic (exact) mass is 397 g/mol. The predicted molar refractivity (Wildman–Crippen MR) is 95.5 cm³/mol. The Balaban J connectivity index is 1.62. The molecule has 1 amide bonds. The molecule has 0 aliphatic carbocycles. The molecule has 0 aliphatic heterocycles. The van der Waals surface area contributed by atoms with Crippen LogP contribution < -0.4 is 11.2 Å². The number of nitrogens with two attached hydrogens (primary N) is 1. The van der Waals surface area contributed by atoms with Gasteiger partial charge in [0.05, 0.1) is 17.7 Å². The number of hydrogen-bond acceptors (Lipinski definition) is 7. The lowest BCUT2D eigenvalue weighted by atomic mass is 10.3. The number of nitrogen functional groups attached to an aromatic ring is 1. The van der Waals surface area contributed by atoms with Crippen molar-refractivity contribution in [3.63, 3.8) is 0 Å². The number of alkyl halides is 2. The third-order valence-electron chi connectivity index (χ3n) is 3.12. The maximum Gasteiger partial charge on any atom is 0.288 e. The Labute approximate surface area is 155 Å². The van der Waals surface area contributed by atoms with Crippen LogP contribution in [0.25, 0.3) is 11.6 Å². The molecule has 11 heteroatoms. The molecule has 0 fully saturated rings. The first kappa shape index (κ1) is 18.3. The molecule has 3 aromatic rings. The number of carbonyl (C=O) groups is 1. The Hall–Kier alpha value is -2.53. The largest absolute Gasteiger partial charge is 0.461 e. The van der Waals surface area contributed by atoms with Gasteiger partial charge in [-0.3, -0.25) is 4.79 Å². The number of anilines is 1. The quantitative estimate of drug-likeness (QED) is 0.466. The van der Waals surface area contributed by atoms with E-state index in [0.717, 1.165) is 11.8 Å². The number of benzene rings is 1. The molecule has 136 valence electrons. The Morgan fingerprint density at radius 1 is 1.27 bits per heavy atom. The van der Waals surface area contributed by atoms with Crippen molar-refractivity contribution in [2.45, 2.75) is 15.8 Å². The van der Waals surface area contributed by atoms with E-state index in [1.807, 2.05) is 0 Å². The smallest absolute Gasteiger partial charge is 0.288 e. The Morgan fingerprint density at radius 3 is 2.81 bits per heavy atom.